The smallest absolute Gasteiger partial charge is 0.336 e. The monoisotopic (exact) mass is 276 g/mol. The van der Waals surface area contributed by atoms with Crippen molar-refractivity contribution in [1.82, 2.24) is 15.2 Å². The fourth-order valence-electron chi connectivity index (χ4n) is 1.42. The average Bonchev–Trinajstić information content (AvgIpc) is 2.86. The van der Waals surface area contributed by atoms with Crippen LogP contribution in [-0.2, 0) is 0 Å². The molecule has 20 heavy (non-hydrogen) atoms. The molecule has 9 heteroatoms. The van der Waals surface area contributed by atoms with Crippen molar-refractivity contribution in [1.29, 1.82) is 0 Å². The van der Waals surface area contributed by atoms with E-state index in [4.69, 9.17) is 10.5 Å². The van der Waals surface area contributed by atoms with E-state index in [1.807, 2.05) is 0 Å². The first-order valence-electron chi connectivity index (χ1n) is 5.53. The zero-order valence-corrected chi connectivity index (χ0v) is 10.5. The Balaban J connectivity index is 2.03. The van der Waals surface area contributed by atoms with E-state index in [9.17, 15) is 9.59 Å². The molecule has 2 aromatic rings. The van der Waals surface area contributed by atoms with Gasteiger partial charge in [-0.2, -0.15) is 4.98 Å². The lowest BCUT2D eigenvalue weighted by atomic mass is 10.2. The maximum Gasteiger partial charge on any atom is 0.336 e. The zero-order chi connectivity index (χ0) is 14.5. The first-order valence-corrected chi connectivity index (χ1v) is 5.53. The number of amides is 3. The first-order chi connectivity index (χ1) is 9.58. The second-order valence-electron chi connectivity index (χ2n) is 3.69. The minimum atomic E-state index is -0.670. The van der Waals surface area contributed by atoms with E-state index in [1.165, 1.54) is 19.2 Å². The second kappa shape index (κ2) is 5.69. The number of hydrogen-bond acceptors (Lipinski definition) is 5. The van der Waals surface area contributed by atoms with Gasteiger partial charge in [-0.25, -0.2) is 9.89 Å². The highest BCUT2D eigenvalue weighted by atomic mass is 16.5. The zero-order valence-electron chi connectivity index (χ0n) is 10.5. The first kappa shape index (κ1) is 13.3. The van der Waals surface area contributed by atoms with Crippen LogP contribution >= 0.6 is 0 Å². The molecule has 0 atom stereocenters. The van der Waals surface area contributed by atoms with E-state index >= 15 is 0 Å². The number of urea groups is 1. The van der Waals surface area contributed by atoms with E-state index in [0.29, 0.717) is 11.3 Å². The lowest BCUT2D eigenvalue weighted by Crippen LogP contribution is -2.19. The molecule has 0 unspecified atom stereocenters. The summed E-state index contributed by atoms with van der Waals surface area (Å²) in [5.41, 5.74) is 5.86. The summed E-state index contributed by atoms with van der Waals surface area (Å²) in [6.07, 6.45) is 0. The van der Waals surface area contributed by atoms with E-state index < -0.39 is 6.03 Å². The largest absolute Gasteiger partial charge is 0.466 e. The minimum Gasteiger partial charge on any atom is -0.466 e. The molecule has 0 bridgehead atoms. The van der Waals surface area contributed by atoms with Gasteiger partial charge in [-0.05, 0) is 24.3 Å². The van der Waals surface area contributed by atoms with Crippen LogP contribution in [0, 0.1) is 0 Å². The van der Waals surface area contributed by atoms with Gasteiger partial charge < -0.3 is 15.8 Å². The normalized spacial score (nSPS) is 9.85. The maximum atomic E-state index is 11.9. The Hall–Kier alpha value is -3.10. The molecule has 0 aliphatic heterocycles. The summed E-state index contributed by atoms with van der Waals surface area (Å²) in [5, 5.41) is 11.1. The number of anilines is 2. The number of benzene rings is 1. The van der Waals surface area contributed by atoms with Crippen molar-refractivity contribution in [3.05, 3.63) is 29.8 Å². The van der Waals surface area contributed by atoms with Crippen LogP contribution in [0.1, 0.15) is 10.4 Å². The number of carbonyl (C=O) groups excluding carboxylic acids is 2. The van der Waals surface area contributed by atoms with Crippen molar-refractivity contribution < 1.29 is 14.3 Å². The van der Waals surface area contributed by atoms with Gasteiger partial charge in [0, 0.05) is 11.3 Å². The van der Waals surface area contributed by atoms with Crippen molar-refractivity contribution in [3.8, 4) is 6.01 Å². The van der Waals surface area contributed by atoms with Crippen LogP contribution in [0.3, 0.4) is 0 Å². The van der Waals surface area contributed by atoms with Gasteiger partial charge in [0.15, 0.2) is 0 Å². The third-order valence-corrected chi connectivity index (χ3v) is 2.29. The Morgan fingerprint density at radius 2 is 1.95 bits per heavy atom. The quantitative estimate of drug-likeness (QED) is 0.647. The van der Waals surface area contributed by atoms with Gasteiger partial charge in [0.25, 0.3) is 5.91 Å². The molecule has 0 saturated carbocycles. The van der Waals surface area contributed by atoms with Gasteiger partial charge in [-0.1, -0.05) is 0 Å². The van der Waals surface area contributed by atoms with Gasteiger partial charge >= 0.3 is 12.0 Å². The van der Waals surface area contributed by atoms with Gasteiger partial charge in [0.1, 0.15) is 0 Å². The number of aromatic nitrogens is 3. The van der Waals surface area contributed by atoms with Gasteiger partial charge in [0.05, 0.1) is 7.11 Å². The molecule has 9 nitrogen and oxygen atoms in total. The molecule has 104 valence electrons. The molecule has 1 aromatic heterocycles. The Morgan fingerprint density at radius 3 is 2.50 bits per heavy atom. The molecule has 5 N–H and O–H groups in total. The van der Waals surface area contributed by atoms with Crippen LogP contribution in [0.4, 0.5) is 16.4 Å². The molecule has 1 heterocycles. The van der Waals surface area contributed by atoms with Crippen LogP contribution in [0.2, 0.25) is 0 Å². The average molecular weight is 276 g/mol. The number of nitrogens with one attached hydrogen (secondary N) is 3. The fourth-order valence-corrected chi connectivity index (χ4v) is 1.42. The number of aromatic amines is 1. The van der Waals surface area contributed by atoms with Crippen molar-refractivity contribution >= 4 is 23.6 Å². The topological polar surface area (TPSA) is 135 Å². The molecule has 0 fully saturated rings. The molecule has 0 spiro atoms. The molecule has 2 rings (SSSR count). The standard InChI is InChI=1S/C11H12N6O3/c1-20-11-15-10(16-17-11)14-8(18)6-2-4-7(5-3-6)13-9(12)19/h2-5H,1H3,(H3,12,13,19)(H2,14,15,16,17,18). The minimum absolute atomic E-state index is 0.126. The van der Waals surface area contributed by atoms with Crippen LogP contribution in [-0.4, -0.2) is 34.2 Å². The number of H-pyrrole nitrogens is 1. The number of ether oxygens (including phenoxy) is 1. The summed E-state index contributed by atoms with van der Waals surface area (Å²) in [6.45, 7) is 0. The maximum absolute atomic E-state index is 11.9. The van der Waals surface area contributed by atoms with Crippen molar-refractivity contribution in [2.24, 2.45) is 5.73 Å². The summed E-state index contributed by atoms with van der Waals surface area (Å²) in [4.78, 5) is 26.4. The van der Waals surface area contributed by atoms with Crippen molar-refractivity contribution in [3.63, 3.8) is 0 Å². The van der Waals surface area contributed by atoms with Crippen LogP contribution < -0.4 is 21.1 Å². The van der Waals surface area contributed by atoms with Crippen molar-refractivity contribution in [2.45, 2.75) is 0 Å². The Labute approximate surface area is 113 Å². The Morgan fingerprint density at radius 1 is 1.25 bits per heavy atom. The number of carbonyl (C=O) groups is 2. The third kappa shape index (κ3) is 3.22. The molecule has 0 radical (unpaired) electrons. The van der Waals surface area contributed by atoms with Gasteiger partial charge in [-0.15, -0.1) is 5.10 Å². The Bertz CT molecular complexity index is 621. The molecular formula is C11H12N6O3. The third-order valence-electron chi connectivity index (χ3n) is 2.29. The van der Waals surface area contributed by atoms with Crippen molar-refractivity contribution in [2.75, 3.05) is 17.7 Å². The molecule has 3 amide bonds. The van der Waals surface area contributed by atoms with Gasteiger partial charge in [-0.3, -0.25) is 10.1 Å². The Kier molecular flexibility index (Phi) is 3.80. The van der Waals surface area contributed by atoms with E-state index in [0.717, 1.165) is 0 Å². The fraction of sp³-hybridized carbons (Fsp3) is 0.0909. The molecular weight excluding hydrogens is 264 g/mol. The van der Waals surface area contributed by atoms with E-state index in [-0.39, 0.29) is 17.9 Å². The highest BCUT2D eigenvalue weighted by Crippen LogP contribution is 2.11. The van der Waals surface area contributed by atoms with Crippen LogP contribution in [0.15, 0.2) is 24.3 Å². The predicted octanol–water partition coefficient (Wildman–Crippen LogP) is 0.556. The SMILES string of the molecule is COc1n[nH]c(NC(=O)c2ccc(NC(N)=O)cc2)n1. The number of methoxy groups -OCH3 is 1. The lowest BCUT2D eigenvalue weighted by Gasteiger charge is -2.04. The summed E-state index contributed by atoms with van der Waals surface area (Å²) < 4.78 is 4.78. The van der Waals surface area contributed by atoms with Gasteiger partial charge in [0.2, 0.25) is 5.95 Å². The summed E-state index contributed by atoms with van der Waals surface area (Å²) in [5.74, 6) is -0.208. The summed E-state index contributed by atoms with van der Waals surface area (Å²) in [6, 6.07) is 5.64. The summed E-state index contributed by atoms with van der Waals surface area (Å²) >= 11 is 0. The van der Waals surface area contributed by atoms with Crippen LogP contribution in [0.5, 0.6) is 6.01 Å². The van der Waals surface area contributed by atoms with Crippen LogP contribution in [0.25, 0.3) is 0 Å². The second-order valence-corrected chi connectivity index (χ2v) is 3.69. The highest BCUT2D eigenvalue weighted by Gasteiger charge is 2.09. The summed E-state index contributed by atoms with van der Waals surface area (Å²) in [7, 11) is 1.42. The molecule has 0 aliphatic carbocycles. The number of hydrogen-bond donors (Lipinski definition) is 4. The number of rotatable bonds is 4. The van der Waals surface area contributed by atoms with E-state index in [2.05, 4.69) is 25.8 Å². The lowest BCUT2D eigenvalue weighted by molar-refractivity contribution is 0.102. The molecule has 0 saturated heterocycles. The highest BCUT2D eigenvalue weighted by molar-refractivity contribution is 6.03. The molecule has 1 aromatic carbocycles. The predicted molar refractivity (Wildman–Crippen MR) is 70.5 cm³/mol. The number of primary amides is 1. The molecule has 0 aliphatic rings. The van der Waals surface area contributed by atoms with E-state index in [1.54, 1.807) is 12.1 Å². The number of nitrogens with zero attached hydrogens (tertiary/aromatic N) is 2. The number of nitrogens with two attached hydrogens (primary N) is 1.